The fraction of sp³-hybridized carbons (Fsp3) is 0.500. The molecule has 2 aromatic rings. The van der Waals surface area contributed by atoms with Crippen molar-refractivity contribution in [2.24, 2.45) is 23.7 Å². The highest BCUT2D eigenvalue weighted by Crippen LogP contribution is 2.56. The summed E-state index contributed by atoms with van der Waals surface area (Å²) in [4.78, 5) is 18.3. The third-order valence-corrected chi connectivity index (χ3v) is 9.45. The van der Waals surface area contributed by atoms with Gasteiger partial charge in [-0.1, -0.05) is 30.4 Å². The second kappa shape index (κ2) is 7.54. The average Bonchev–Trinajstić information content (AvgIpc) is 3.21. The zero-order chi connectivity index (χ0) is 22.9. The molecule has 1 aliphatic heterocycles. The Hall–Kier alpha value is -2.93. The number of terminal acetylenes is 1. The molecule has 4 saturated carbocycles. The van der Waals surface area contributed by atoms with Gasteiger partial charge in [0, 0.05) is 40.3 Å². The third kappa shape index (κ3) is 3.17. The number of nitrogens with one attached hydrogen (secondary N) is 2. The summed E-state index contributed by atoms with van der Waals surface area (Å²) < 4.78 is 0. The molecule has 1 unspecified atom stereocenters. The van der Waals surface area contributed by atoms with Gasteiger partial charge in [0.1, 0.15) is 0 Å². The molecule has 2 atom stereocenters. The van der Waals surface area contributed by atoms with Gasteiger partial charge in [0.15, 0.2) is 0 Å². The molecule has 1 aromatic carbocycles. The molecule has 2 N–H and O–H groups in total. The molecule has 6 aliphatic rings. The van der Waals surface area contributed by atoms with E-state index in [4.69, 9.17) is 6.42 Å². The van der Waals surface area contributed by atoms with Gasteiger partial charge < -0.3 is 15.2 Å². The van der Waals surface area contributed by atoms with Crippen LogP contribution in [-0.2, 0) is 11.2 Å². The van der Waals surface area contributed by atoms with Crippen molar-refractivity contribution in [3.05, 3.63) is 59.4 Å². The summed E-state index contributed by atoms with van der Waals surface area (Å²) in [6.45, 7) is 0.676. The monoisotopic (exact) mass is 451 g/mol. The molecule has 4 heteroatoms. The zero-order valence-electron chi connectivity index (χ0n) is 19.7. The van der Waals surface area contributed by atoms with Crippen molar-refractivity contribution in [2.45, 2.75) is 62.9 Å². The number of amides is 1. The Balaban J connectivity index is 1.16. The summed E-state index contributed by atoms with van der Waals surface area (Å²) in [7, 11) is 0. The van der Waals surface area contributed by atoms with E-state index in [2.05, 4.69) is 58.7 Å². The lowest BCUT2D eigenvalue weighted by atomic mass is 9.53. The number of hydrogen-bond acceptors (Lipinski definition) is 2. The van der Waals surface area contributed by atoms with Crippen LogP contribution in [0.4, 0.5) is 0 Å². The van der Waals surface area contributed by atoms with Crippen molar-refractivity contribution in [2.75, 3.05) is 6.54 Å². The zero-order valence-corrected chi connectivity index (χ0v) is 19.7. The van der Waals surface area contributed by atoms with Gasteiger partial charge in [-0.15, -0.1) is 6.42 Å². The lowest BCUT2D eigenvalue weighted by Crippen LogP contribution is -2.58. The normalized spacial score (nSPS) is 35.7. The van der Waals surface area contributed by atoms with Crippen LogP contribution in [0.5, 0.6) is 0 Å². The lowest BCUT2D eigenvalue weighted by Gasteiger charge is -2.57. The first-order chi connectivity index (χ1) is 16.6. The predicted molar refractivity (Wildman–Crippen MR) is 135 cm³/mol. The minimum absolute atomic E-state index is 0.0479. The average molecular weight is 452 g/mol. The maximum Gasteiger partial charge on any atom is 0.298 e. The van der Waals surface area contributed by atoms with Crippen LogP contribution in [0, 0.1) is 36.0 Å². The highest BCUT2D eigenvalue weighted by Gasteiger charge is 2.51. The van der Waals surface area contributed by atoms with Gasteiger partial charge >= 0.3 is 0 Å². The number of fused-ring (bicyclic) bond motifs is 3. The SMILES string of the molecule is C#CC(=O)N1CCc2c([nH]c3ccccc23)[C@@H]1C1C=CC(NC23CC4CC(CC(C4)C2)C3)=CC1. The Labute approximate surface area is 201 Å². The predicted octanol–water partition coefficient (Wildman–Crippen LogP) is 5.25. The molecule has 1 aromatic heterocycles. The summed E-state index contributed by atoms with van der Waals surface area (Å²) in [5.41, 5.74) is 5.25. The maximum atomic E-state index is 12.7. The van der Waals surface area contributed by atoms with E-state index in [9.17, 15) is 4.79 Å². The third-order valence-electron chi connectivity index (χ3n) is 9.45. The fourth-order valence-corrected chi connectivity index (χ4v) is 8.56. The number of H-pyrrole nitrogens is 1. The van der Waals surface area contributed by atoms with Crippen LogP contribution in [0.1, 0.15) is 62.2 Å². The number of nitrogens with zero attached hydrogens (tertiary/aromatic N) is 1. The highest BCUT2D eigenvalue weighted by molar-refractivity contribution is 5.94. The first kappa shape index (κ1) is 20.4. The standard InChI is InChI=1S/C30H33N3O/c1-2-27(34)33-12-11-25-24-5-3-4-6-26(24)31-28(25)29(33)22-7-9-23(10-8-22)32-30-16-19-13-20(17-30)15-21(14-19)18-30/h1,3-7,9-10,19-22,29,31-32H,8,11-18H2/t19?,20?,21?,22?,29-,30?/m0/s1. The topological polar surface area (TPSA) is 48.1 Å². The van der Waals surface area contributed by atoms with Crippen molar-refractivity contribution >= 4 is 16.8 Å². The molecule has 1 amide bonds. The molecule has 4 nitrogen and oxygen atoms in total. The smallest absolute Gasteiger partial charge is 0.298 e. The summed E-state index contributed by atoms with van der Waals surface area (Å²) in [5, 5.41) is 5.30. The first-order valence-electron chi connectivity index (χ1n) is 13.1. The van der Waals surface area contributed by atoms with Crippen molar-refractivity contribution in [1.29, 1.82) is 0 Å². The molecule has 0 spiro atoms. The van der Waals surface area contributed by atoms with E-state index in [-0.39, 0.29) is 17.9 Å². The number of aromatic amines is 1. The van der Waals surface area contributed by atoms with Crippen LogP contribution in [0.2, 0.25) is 0 Å². The summed E-state index contributed by atoms with van der Waals surface area (Å²) in [6, 6.07) is 8.42. The molecule has 34 heavy (non-hydrogen) atoms. The molecule has 4 fully saturated rings. The lowest BCUT2D eigenvalue weighted by molar-refractivity contribution is -0.128. The summed E-state index contributed by atoms with van der Waals surface area (Å²) in [6.07, 6.45) is 22.8. The Bertz CT molecular complexity index is 1220. The number of carbonyl (C=O) groups is 1. The van der Waals surface area contributed by atoms with Gasteiger partial charge in [-0.25, -0.2) is 0 Å². The Kier molecular flexibility index (Phi) is 4.53. The Morgan fingerprint density at radius 3 is 2.53 bits per heavy atom. The van der Waals surface area contributed by atoms with E-state index in [1.165, 1.54) is 55.2 Å². The molecule has 174 valence electrons. The molecule has 4 bridgehead atoms. The van der Waals surface area contributed by atoms with E-state index in [1.807, 2.05) is 4.90 Å². The van der Waals surface area contributed by atoms with E-state index in [0.717, 1.165) is 41.8 Å². The number of aromatic nitrogens is 1. The van der Waals surface area contributed by atoms with Crippen molar-refractivity contribution in [3.63, 3.8) is 0 Å². The molecule has 0 radical (unpaired) electrons. The van der Waals surface area contributed by atoms with Gasteiger partial charge in [0.05, 0.1) is 6.04 Å². The second-order valence-electron chi connectivity index (χ2n) is 11.6. The summed E-state index contributed by atoms with van der Waals surface area (Å²) in [5.74, 6) is 5.20. The Morgan fingerprint density at radius 2 is 1.85 bits per heavy atom. The first-order valence-corrected chi connectivity index (χ1v) is 13.1. The number of carbonyl (C=O) groups excluding carboxylic acids is 1. The second-order valence-corrected chi connectivity index (χ2v) is 11.6. The van der Waals surface area contributed by atoms with Crippen LogP contribution in [-0.4, -0.2) is 27.9 Å². The molecule has 8 rings (SSSR count). The van der Waals surface area contributed by atoms with E-state index in [1.54, 1.807) is 0 Å². The van der Waals surface area contributed by atoms with Gasteiger partial charge in [0.2, 0.25) is 0 Å². The van der Waals surface area contributed by atoms with E-state index in [0.29, 0.717) is 12.1 Å². The number of allylic oxidation sites excluding steroid dienone is 2. The van der Waals surface area contributed by atoms with Gasteiger partial charge in [-0.05, 0) is 92.7 Å². The maximum absolute atomic E-state index is 12.7. The minimum atomic E-state index is -0.204. The van der Waals surface area contributed by atoms with Gasteiger partial charge in [0.25, 0.3) is 5.91 Å². The number of rotatable bonds is 3. The highest BCUT2D eigenvalue weighted by atomic mass is 16.2. The largest absolute Gasteiger partial charge is 0.380 e. The number of hydrogen-bond donors (Lipinski definition) is 2. The van der Waals surface area contributed by atoms with Crippen LogP contribution < -0.4 is 5.32 Å². The quantitative estimate of drug-likeness (QED) is 0.627. The van der Waals surface area contributed by atoms with Crippen LogP contribution in [0.15, 0.2) is 48.2 Å². The van der Waals surface area contributed by atoms with Crippen molar-refractivity contribution < 1.29 is 4.79 Å². The molecule has 2 heterocycles. The van der Waals surface area contributed by atoms with Crippen molar-refractivity contribution in [1.82, 2.24) is 15.2 Å². The molecular weight excluding hydrogens is 418 g/mol. The van der Waals surface area contributed by atoms with Gasteiger partial charge in [-0.2, -0.15) is 0 Å². The van der Waals surface area contributed by atoms with Gasteiger partial charge in [-0.3, -0.25) is 4.79 Å². The van der Waals surface area contributed by atoms with Crippen LogP contribution in [0.3, 0.4) is 0 Å². The molecule has 0 saturated heterocycles. The fourth-order valence-electron chi connectivity index (χ4n) is 8.56. The van der Waals surface area contributed by atoms with Crippen LogP contribution >= 0.6 is 0 Å². The van der Waals surface area contributed by atoms with E-state index >= 15 is 0 Å². The minimum Gasteiger partial charge on any atom is -0.380 e. The Morgan fingerprint density at radius 1 is 1.12 bits per heavy atom. The summed E-state index contributed by atoms with van der Waals surface area (Å²) >= 11 is 0. The number of para-hydroxylation sites is 1. The number of benzene rings is 1. The van der Waals surface area contributed by atoms with Crippen molar-refractivity contribution in [3.8, 4) is 12.3 Å². The van der Waals surface area contributed by atoms with Crippen LogP contribution in [0.25, 0.3) is 10.9 Å². The van der Waals surface area contributed by atoms with E-state index < -0.39 is 0 Å². The molecular formula is C30H33N3O. The molecule has 5 aliphatic carbocycles.